The number of nitrogens with two attached hydrogens (primary N) is 1. The largest absolute Gasteiger partial charge is 0.465 e. The van der Waals surface area contributed by atoms with Crippen molar-refractivity contribution in [2.45, 2.75) is 19.3 Å². The number of benzene rings is 1. The van der Waals surface area contributed by atoms with E-state index in [0.29, 0.717) is 29.7 Å². The molecule has 2 unspecified atom stereocenters. The van der Waals surface area contributed by atoms with E-state index in [0.717, 1.165) is 12.0 Å². The summed E-state index contributed by atoms with van der Waals surface area (Å²) in [4.78, 5) is 12.6. The molecule has 3 N–H and O–H groups in total. The first-order chi connectivity index (χ1) is 8.47. The molecule has 18 heavy (non-hydrogen) atoms. The Morgan fingerprint density at radius 1 is 1.50 bits per heavy atom. The Bertz CT molecular complexity index is 464. The lowest BCUT2D eigenvalue weighted by molar-refractivity contribution is 0.116. The van der Waals surface area contributed by atoms with Crippen molar-refractivity contribution >= 4 is 23.4 Å². The van der Waals surface area contributed by atoms with Crippen LogP contribution >= 0.6 is 11.6 Å². The van der Waals surface area contributed by atoms with Gasteiger partial charge in [-0.3, -0.25) is 0 Å². The number of carbonyl (C=O) groups is 1. The highest BCUT2D eigenvalue weighted by molar-refractivity contribution is 6.33. The van der Waals surface area contributed by atoms with Gasteiger partial charge in [-0.2, -0.15) is 0 Å². The summed E-state index contributed by atoms with van der Waals surface area (Å²) in [5, 5.41) is 9.64. The molecule has 4 nitrogen and oxygen atoms in total. The van der Waals surface area contributed by atoms with Crippen LogP contribution in [-0.2, 0) is 0 Å². The van der Waals surface area contributed by atoms with Crippen LogP contribution in [0.4, 0.5) is 10.5 Å². The molecule has 1 aromatic rings. The van der Waals surface area contributed by atoms with Gasteiger partial charge in [0.2, 0.25) is 0 Å². The smallest absolute Gasteiger partial charge is 0.407 e. The standard InChI is InChI=1S/C13H17ClN2O2/c1-8-4-10(7-16(6-8)13(17)18)9-2-3-11(14)12(15)5-9/h2-3,5,8,10H,4,6-7,15H2,1H3,(H,17,18). The van der Waals surface area contributed by atoms with Crippen molar-refractivity contribution in [2.75, 3.05) is 18.8 Å². The van der Waals surface area contributed by atoms with Gasteiger partial charge in [0, 0.05) is 19.0 Å². The number of halogens is 1. The van der Waals surface area contributed by atoms with Crippen molar-refractivity contribution in [1.82, 2.24) is 4.90 Å². The summed E-state index contributed by atoms with van der Waals surface area (Å²) < 4.78 is 0. The van der Waals surface area contributed by atoms with Crippen molar-refractivity contribution in [3.8, 4) is 0 Å². The number of hydrogen-bond donors (Lipinski definition) is 2. The van der Waals surface area contributed by atoms with Gasteiger partial charge in [-0.25, -0.2) is 4.79 Å². The molecule has 1 heterocycles. The minimum atomic E-state index is -0.853. The van der Waals surface area contributed by atoms with Gasteiger partial charge < -0.3 is 15.7 Å². The Balaban J connectivity index is 2.21. The first kappa shape index (κ1) is 13.0. The van der Waals surface area contributed by atoms with E-state index in [9.17, 15) is 4.79 Å². The minimum absolute atomic E-state index is 0.199. The van der Waals surface area contributed by atoms with Crippen LogP contribution in [0.2, 0.25) is 5.02 Å². The van der Waals surface area contributed by atoms with E-state index in [1.807, 2.05) is 12.1 Å². The van der Waals surface area contributed by atoms with Gasteiger partial charge in [0.05, 0.1) is 10.7 Å². The Labute approximate surface area is 111 Å². The van der Waals surface area contributed by atoms with Crippen LogP contribution in [0, 0.1) is 5.92 Å². The van der Waals surface area contributed by atoms with E-state index in [1.165, 1.54) is 4.90 Å². The highest BCUT2D eigenvalue weighted by Crippen LogP contribution is 2.32. The summed E-state index contributed by atoms with van der Waals surface area (Å²) in [6, 6.07) is 5.56. The molecule has 0 aromatic heterocycles. The van der Waals surface area contributed by atoms with E-state index in [2.05, 4.69) is 6.92 Å². The maximum Gasteiger partial charge on any atom is 0.407 e. The second-order valence-electron chi connectivity index (χ2n) is 5.01. The molecule has 5 heteroatoms. The lowest BCUT2D eigenvalue weighted by Gasteiger charge is -2.35. The maximum atomic E-state index is 11.1. The van der Waals surface area contributed by atoms with E-state index >= 15 is 0 Å². The minimum Gasteiger partial charge on any atom is -0.465 e. The van der Waals surface area contributed by atoms with E-state index in [4.69, 9.17) is 22.4 Å². The molecule has 98 valence electrons. The molecule has 1 amide bonds. The third-order valence-corrected chi connectivity index (χ3v) is 3.77. The highest BCUT2D eigenvalue weighted by atomic mass is 35.5. The zero-order valence-electron chi connectivity index (χ0n) is 10.3. The Morgan fingerprint density at radius 3 is 2.83 bits per heavy atom. The average Bonchev–Trinajstić information content (AvgIpc) is 2.31. The van der Waals surface area contributed by atoms with E-state index < -0.39 is 6.09 Å². The van der Waals surface area contributed by atoms with Crippen molar-refractivity contribution in [1.29, 1.82) is 0 Å². The van der Waals surface area contributed by atoms with Gasteiger partial charge >= 0.3 is 6.09 Å². The molecule has 1 aliphatic heterocycles. The fourth-order valence-corrected chi connectivity index (χ4v) is 2.68. The molecular weight excluding hydrogens is 252 g/mol. The van der Waals surface area contributed by atoms with Crippen molar-refractivity contribution in [3.63, 3.8) is 0 Å². The molecule has 0 aliphatic carbocycles. The lowest BCUT2D eigenvalue weighted by Crippen LogP contribution is -2.41. The summed E-state index contributed by atoms with van der Waals surface area (Å²) in [6.45, 7) is 3.21. The zero-order chi connectivity index (χ0) is 13.3. The molecule has 2 rings (SSSR count). The van der Waals surface area contributed by atoms with Crippen LogP contribution in [0.15, 0.2) is 18.2 Å². The summed E-state index contributed by atoms with van der Waals surface area (Å²) >= 11 is 5.90. The van der Waals surface area contributed by atoms with Gasteiger partial charge in [-0.15, -0.1) is 0 Å². The zero-order valence-corrected chi connectivity index (χ0v) is 11.0. The maximum absolute atomic E-state index is 11.1. The Morgan fingerprint density at radius 2 is 2.22 bits per heavy atom. The molecule has 0 radical (unpaired) electrons. The topological polar surface area (TPSA) is 66.6 Å². The Kier molecular flexibility index (Phi) is 3.66. The van der Waals surface area contributed by atoms with Gasteiger partial charge in [-0.1, -0.05) is 24.6 Å². The molecule has 2 atom stereocenters. The molecule has 0 saturated carbocycles. The number of rotatable bonds is 1. The SMILES string of the molecule is CC1CC(c2ccc(Cl)c(N)c2)CN(C(=O)O)C1. The quantitative estimate of drug-likeness (QED) is 0.770. The predicted octanol–water partition coefficient (Wildman–Crippen LogP) is 3.03. The predicted molar refractivity (Wildman–Crippen MR) is 72.0 cm³/mol. The summed E-state index contributed by atoms with van der Waals surface area (Å²) in [6.07, 6.45) is 0.124. The number of amides is 1. The number of hydrogen-bond acceptors (Lipinski definition) is 2. The van der Waals surface area contributed by atoms with Gasteiger partial charge in [0.15, 0.2) is 0 Å². The molecule has 1 fully saturated rings. The molecule has 1 aromatic carbocycles. The molecule has 1 saturated heterocycles. The first-order valence-corrected chi connectivity index (χ1v) is 6.38. The third kappa shape index (κ3) is 2.70. The van der Waals surface area contributed by atoms with E-state index in [1.54, 1.807) is 6.07 Å². The summed E-state index contributed by atoms with van der Waals surface area (Å²) in [5.41, 5.74) is 7.41. The number of carboxylic acid groups (broad SMARTS) is 1. The Hall–Kier alpha value is -1.42. The number of likely N-dealkylation sites (tertiary alicyclic amines) is 1. The number of anilines is 1. The number of piperidine rings is 1. The van der Waals surface area contributed by atoms with Crippen molar-refractivity contribution in [2.24, 2.45) is 5.92 Å². The molecule has 1 aliphatic rings. The second kappa shape index (κ2) is 5.06. The van der Waals surface area contributed by atoms with Crippen LogP contribution in [0.5, 0.6) is 0 Å². The van der Waals surface area contributed by atoms with Crippen molar-refractivity contribution in [3.05, 3.63) is 28.8 Å². The monoisotopic (exact) mass is 268 g/mol. The summed E-state index contributed by atoms with van der Waals surface area (Å²) in [7, 11) is 0. The lowest BCUT2D eigenvalue weighted by atomic mass is 9.85. The fourth-order valence-electron chi connectivity index (χ4n) is 2.57. The molecule has 0 bridgehead atoms. The number of nitrogens with zero attached hydrogens (tertiary/aromatic N) is 1. The highest BCUT2D eigenvalue weighted by Gasteiger charge is 2.28. The fraction of sp³-hybridized carbons (Fsp3) is 0.462. The van der Waals surface area contributed by atoms with Gasteiger partial charge in [0.1, 0.15) is 0 Å². The first-order valence-electron chi connectivity index (χ1n) is 6.00. The van der Waals surface area contributed by atoms with Crippen LogP contribution < -0.4 is 5.73 Å². The third-order valence-electron chi connectivity index (χ3n) is 3.42. The van der Waals surface area contributed by atoms with Gasteiger partial charge in [-0.05, 0) is 30.0 Å². The van der Waals surface area contributed by atoms with Crippen molar-refractivity contribution < 1.29 is 9.90 Å². The number of nitrogen functional groups attached to an aromatic ring is 1. The molecular formula is C13H17ClN2O2. The van der Waals surface area contributed by atoms with Gasteiger partial charge in [0.25, 0.3) is 0 Å². The van der Waals surface area contributed by atoms with E-state index in [-0.39, 0.29) is 5.92 Å². The van der Waals surface area contributed by atoms with Crippen LogP contribution in [-0.4, -0.2) is 29.2 Å². The van der Waals surface area contributed by atoms with Crippen LogP contribution in [0.25, 0.3) is 0 Å². The average molecular weight is 269 g/mol. The summed E-state index contributed by atoms with van der Waals surface area (Å²) in [5.74, 6) is 0.557. The van der Waals surface area contributed by atoms with Crippen LogP contribution in [0.1, 0.15) is 24.8 Å². The normalized spacial score (nSPS) is 24.0. The second-order valence-corrected chi connectivity index (χ2v) is 5.41. The van der Waals surface area contributed by atoms with Crippen LogP contribution in [0.3, 0.4) is 0 Å². The molecule has 0 spiro atoms.